The molecule has 1 aromatic heterocycles. The molecule has 2 aliphatic rings. The van der Waals surface area contributed by atoms with Crippen molar-refractivity contribution in [2.24, 2.45) is 11.0 Å². The second kappa shape index (κ2) is 7.76. The van der Waals surface area contributed by atoms with Gasteiger partial charge in [-0.3, -0.25) is 9.69 Å². The first kappa shape index (κ1) is 17.6. The second-order valence-corrected chi connectivity index (χ2v) is 7.20. The zero-order valence-electron chi connectivity index (χ0n) is 13.1. The van der Waals surface area contributed by atoms with E-state index < -0.39 is 0 Å². The molecule has 0 radical (unpaired) electrons. The van der Waals surface area contributed by atoms with Crippen molar-refractivity contribution in [3.05, 3.63) is 27.7 Å². The van der Waals surface area contributed by atoms with Crippen molar-refractivity contribution >= 4 is 51.6 Å². The Hall–Kier alpha value is -1.25. The van der Waals surface area contributed by atoms with E-state index in [9.17, 15) is 4.79 Å². The normalized spacial score (nSPS) is 23.7. The molecule has 0 saturated heterocycles. The zero-order valence-corrected chi connectivity index (χ0v) is 16.0. The number of fused-ring (bicyclic) bond motifs is 1. The fourth-order valence-corrected chi connectivity index (χ4v) is 4.40. The summed E-state index contributed by atoms with van der Waals surface area (Å²) in [6.07, 6.45) is 3.94. The minimum Gasteiger partial charge on any atom is -0.343 e. The Bertz CT molecular complexity index is 672. The predicted octanol–water partition coefficient (Wildman–Crippen LogP) is 4.15. The van der Waals surface area contributed by atoms with Gasteiger partial charge in [0.25, 0.3) is 0 Å². The lowest BCUT2D eigenvalue weighted by Crippen LogP contribution is -2.50. The van der Waals surface area contributed by atoms with Crippen LogP contribution in [0.4, 0.5) is 11.5 Å². The van der Waals surface area contributed by atoms with E-state index >= 15 is 0 Å². The highest BCUT2D eigenvalue weighted by atomic mass is 127. The van der Waals surface area contributed by atoms with Gasteiger partial charge in [-0.2, -0.15) is 0 Å². The first-order valence-corrected chi connectivity index (χ1v) is 9.84. The van der Waals surface area contributed by atoms with Crippen molar-refractivity contribution in [2.45, 2.75) is 31.7 Å². The number of halogens is 2. The number of alkyl halides is 1. The number of aromatic nitrogens is 1. The van der Waals surface area contributed by atoms with Crippen LogP contribution in [0.5, 0.6) is 0 Å². The van der Waals surface area contributed by atoms with Crippen LogP contribution in [0, 0.1) is 5.92 Å². The lowest BCUT2D eigenvalue weighted by molar-refractivity contribution is -0.117. The van der Waals surface area contributed by atoms with Crippen molar-refractivity contribution in [3.8, 4) is 0 Å². The Morgan fingerprint density at radius 3 is 2.79 bits per heavy atom. The van der Waals surface area contributed by atoms with E-state index in [1.807, 2.05) is 6.07 Å². The molecule has 1 amide bonds. The Labute approximate surface area is 159 Å². The van der Waals surface area contributed by atoms with Crippen LogP contribution >= 0.6 is 34.2 Å². The van der Waals surface area contributed by atoms with Gasteiger partial charge in [0.1, 0.15) is 5.15 Å². The maximum absolute atomic E-state index is 12.5. The van der Waals surface area contributed by atoms with Crippen molar-refractivity contribution in [3.63, 3.8) is 0 Å². The van der Waals surface area contributed by atoms with Crippen molar-refractivity contribution in [1.82, 2.24) is 4.98 Å². The fourth-order valence-electron chi connectivity index (χ4n) is 3.50. The molecule has 0 spiro atoms. The molecule has 3 rings (SSSR count). The summed E-state index contributed by atoms with van der Waals surface area (Å²) < 4.78 is 0.597. The third kappa shape index (κ3) is 3.55. The fraction of sp³-hybridized carbons (Fsp3) is 0.600. The largest absolute Gasteiger partial charge is 0.343 e. The molecule has 1 aromatic rings. The van der Waals surface area contributed by atoms with Crippen LogP contribution in [0.3, 0.4) is 0 Å². The molecule has 1 fully saturated rings. The van der Waals surface area contributed by atoms with Crippen LogP contribution in [0.2, 0.25) is 5.15 Å². The van der Waals surface area contributed by atoms with Crippen LogP contribution in [0.15, 0.2) is 17.2 Å². The van der Waals surface area contributed by atoms with E-state index in [2.05, 4.69) is 42.5 Å². The molecule has 24 heavy (non-hydrogen) atoms. The minimum absolute atomic E-state index is 0.0947. The third-order valence-electron chi connectivity index (χ3n) is 4.77. The van der Waals surface area contributed by atoms with Crippen LogP contribution in [-0.4, -0.2) is 34.6 Å². The molecule has 0 aromatic carbocycles. The van der Waals surface area contributed by atoms with Gasteiger partial charge >= 0.3 is 0 Å². The summed E-state index contributed by atoms with van der Waals surface area (Å²) in [4.78, 5) is 23.7. The van der Waals surface area contributed by atoms with Gasteiger partial charge in [0, 0.05) is 17.5 Å². The molecular weight excluding hydrogens is 443 g/mol. The number of carbonyl (C=O) groups is 1. The van der Waals surface area contributed by atoms with Gasteiger partial charge in [0.05, 0.1) is 16.8 Å². The smallest absolute Gasteiger partial charge is 0.247 e. The third-order valence-corrected chi connectivity index (χ3v) is 5.66. The summed E-state index contributed by atoms with van der Waals surface area (Å²) in [5.74, 6) is 1.34. The molecule has 0 atom stereocenters. The highest BCUT2D eigenvalue weighted by molar-refractivity contribution is 14.1. The van der Waals surface area contributed by atoms with Gasteiger partial charge in [0.2, 0.25) is 5.91 Å². The SMILES string of the molecule is [N-]=[N+]=NCC1CCC(N2CC(=O)N(CI)c3ccc(Cl)nc32)CC1. The summed E-state index contributed by atoms with van der Waals surface area (Å²) >= 11 is 8.29. The number of pyridine rings is 1. The topological polar surface area (TPSA) is 85.2 Å². The average Bonchev–Trinajstić information content (AvgIpc) is 2.60. The number of anilines is 2. The molecule has 0 N–H and O–H groups in total. The zero-order chi connectivity index (χ0) is 17.1. The number of azide groups is 1. The number of nitrogens with zero attached hydrogens (tertiary/aromatic N) is 6. The molecule has 7 nitrogen and oxygen atoms in total. The van der Waals surface area contributed by atoms with Gasteiger partial charge in [-0.15, -0.1) is 0 Å². The van der Waals surface area contributed by atoms with E-state index in [0.717, 1.165) is 37.2 Å². The van der Waals surface area contributed by atoms with E-state index in [0.29, 0.717) is 28.7 Å². The lowest BCUT2D eigenvalue weighted by atomic mass is 9.85. The van der Waals surface area contributed by atoms with Crippen molar-refractivity contribution in [2.75, 3.05) is 27.4 Å². The molecule has 1 aliphatic carbocycles. The Balaban J connectivity index is 1.80. The monoisotopic (exact) mass is 460 g/mol. The second-order valence-electron chi connectivity index (χ2n) is 6.13. The summed E-state index contributed by atoms with van der Waals surface area (Å²) in [6, 6.07) is 3.88. The number of rotatable bonds is 4. The molecule has 0 bridgehead atoms. The van der Waals surface area contributed by atoms with Gasteiger partial charge in [0.15, 0.2) is 5.82 Å². The van der Waals surface area contributed by atoms with Crippen LogP contribution < -0.4 is 9.80 Å². The first-order chi connectivity index (χ1) is 11.6. The number of hydrogen-bond donors (Lipinski definition) is 0. The highest BCUT2D eigenvalue weighted by Crippen LogP contribution is 2.38. The predicted molar refractivity (Wildman–Crippen MR) is 103 cm³/mol. The summed E-state index contributed by atoms with van der Waals surface area (Å²) in [6.45, 7) is 0.903. The maximum atomic E-state index is 12.5. The Morgan fingerprint density at radius 2 is 2.12 bits per heavy atom. The van der Waals surface area contributed by atoms with Crippen molar-refractivity contribution in [1.29, 1.82) is 0 Å². The van der Waals surface area contributed by atoms with E-state index in [1.165, 1.54) is 0 Å². The quantitative estimate of drug-likeness (QED) is 0.129. The molecule has 1 aliphatic heterocycles. The summed E-state index contributed by atoms with van der Waals surface area (Å²) in [5.41, 5.74) is 9.29. The minimum atomic E-state index is 0.0947. The van der Waals surface area contributed by atoms with Crippen molar-refractivity contribution < 1.29 is 4.79 Å². The number of amides is 1. The van der Waals surface area contributed by atoms with Gasteiger partial charge < -0.3 is 4.90 Å². The van der Waals surface area contributed by atoms with E-state index in [4.69, 9.17) is 17.1 Å². The number of hydrogen-bond acceptors (Lipinski definition) is 4. The first-order valence-electron chi connectivity index (χ1n) is 7.94. The molecule has 9 heteroatoms. The summed E-state index contributed by atoms with van der Waals surface area (Å²) in [7, 11) is 0. The van der Waals surface area contributed by atoms with Gasteiger partial charge in [-0.25, -0.2) is 4.98 Å². The molecule has 2 heterocycles. The van der Waals surface area contributed by atoms with E-state index in [1.54, 1.807) is 11.0 Å². The Morgan fingerprint density at radius 1 is 1.38 bits per heavy atom. The lowest BCUT2D eigenvalue weighted by Gasteiger charge is -2.42. The summed E-state index contributed by atoms with van der Waals surface area (Å²) in [5, 5.41) is 4.13. The number of carbonyl (C=O) groups excluding carboxylic acids is 1. The highest BCUT2D eigenvalue weighted by Gasteiger charge is 2.35. The van der Waals surface area contributed by atoms with Crippen LogP contribution in [0.25, 0.3) is 10.4 Å². The van der Waals surface area contributed by atoms with Gasteiger partial charge in [-0.1, -0.05) is 39.3 Å². The maximum Gasteiger partial charge on any atom is 0.247 e. The molecular formula is C15H18ClIN6O. The Kier molecular flexibility index (Phi) is 5.68. The van der Waals surface area contributed by atoms with Crippen LogP contribution in [-0.2, 0) is 4.79 Å². The standard InChI is InChI=1S/C15H18ClIN6O/c16-13-6-5-12-15(20-13)22(8-14(24)23(12)9-17)11-3-1-10(2-4-11)7-19-21-18/h5-6,10-11H,1-4,7-9H2. The molecule has 0 unspecified atom stereocenters. The van der Waals surface area contributed by atoms with Gasteiger partial charge in [-0.05, 0) is 49.3 Å². The molecule has 128 valence electrons. The van der Waals surface area contributed by atoms with E-state index in [-0.39, 0.29) is 11.9 Å². The average molecular weight is 461 g/mol. The van der Waals surface area contributed by atoms with Crippen LogP contribution in [0.1, 0.15) is 25.7 Å². The molecule has 1 saturated carbocycles.